The van der Waals surface area contributed by atoms with Gasteiger partial charge in [0.1, 0.15) is 10.9 Å². The summed E-state index contributed by atoms with van der Waals surface area (Å²) in [5.41, 5.74) is 2.90. The highest BCUT2D eigenvalue weighted by Crippen LogP contribution is 2.37. The molecular formula is C39H31Cl2N3O5S. The van der Waals surface area contributed by atoms with Gasteiger partial charge in [0.05, 0.1) is 12.2 Å². The molecule has 0 aliphatic carbocycles. The fraction of sp³-hybridized carbons (Fsp3) is 0.0769. The molecule has 5 aromatic carbocycles. The smallest absolute Gasteiger partial charge is 0.338 e. The zero-order valence-corrected chi connectivity index (χ0v) is 29.0. The van der Waals surface area contributed by atoms with Crippen molar-refractivity contribution in [1.29, 1.82) is 0 Å². The molecule has 1 atom stereocenters. The lowest BCUT2D eigenvalue weighted by Crippen LogP contribution is -2.30. The third-order valence-electron chi connectivity index (χ3n) is 7.14. The lowest BCUT2D eigenvalue weighted by Gasteiger charge is -2.18. The first-order valence-corrected chi connectivity index (χ1v) is 17.1. The molecule has 0 saturated carbocycles. The van der Waals surface area contributed by atoms with Crippen molar-refractivity contribution in [2.75, 3.05) is 17.2 Å². The number of rotatable bonds is 12. The Labute approximate surface area is 303 Å². The van der Waals surface area contributed by atoms with Gasteiger partial charge in [0.25, 0.3) is 11.8 Å². The van der Waals surface area contributed by atoms with Crippen LogP contribution in [0.4, 0.5) is 11.4 Å². The molecule has 3 N–H and O–H groups in total. The van der Waals surface area contributed by atoms with Crippen LogP contribution in [0.15, 0.2) is 138 Å². The zero-order valence-electron chi connectivity index (χ0n) is 26.7. The lowest BCUT2D eigenvalue weighted by atomic mass is 10.1. The molecule has 0 aliphatic rings. The highest BCUT2D eigenvalue weighted by molar-refractivity contribution is 8.00. The Balaban J connectivity index is 1.36. The van der Waals surface area contributed by atoms with Gasteiger partial charge in [0.15, 0.2) is 0 Å². The summed E-state index contributed by atoms with van der Waals surface area (Å²) in [6.07, 6.45) is 1.47. The van der Waals surface area contributed by atoms with E-state index in [-0.39, 0.29) is 18.2 Å². The first kappa shape index (κ1) is 35.9. The van der Waals surface area contributed by atoms with Crippen molar-refractivity contribution in [3.05, 3.63) is 165 Å². The molecule has 50 heavy (non-hydrogen) atoms. The molecule has 5 aromatic rings. The predicted octanol–water partition coefficient (Wildman–Crippen LogP) is 9.05. The lowest BCUT2D eigenvalue weighted by molar-refractivity contribution is -0.116. The number of anilines is 2. The van der Waals surface area contributed by atoms with E-state index in [2.05, 4.69) is 16.0 Å². The number of esters is 1. The molecule has 0 bridgehead atoms. The molecule has 0 aromatic heterocycles. The third-order valence-corrected chi connectivity index (χ3v) is 8.95. The molecule has 0 saturated heterocycles. The van der Waals surface area contributed by atoms with Gasteiger partial charge in [-0.1, -0.05) is 83.9 Å². The Hall–Kier alpha value is -5.35. The summed E-state index contributed by atoms with van der Waals surface area (Å²) < 4.78 is 5.04. The Kier molecular flexibility index (Phi) is 12.5. The number of thioether (sulfide) groups is 1. The second kappa shape index (κ2) is 17.3. The van der Waals surface area contributed by atoms with E-state index in [4.69, 9.17) is 27.9 Å². The molecule has 252 valence electrons. The quantitative estimate of drug-likeness (QED) is 0.0673. The first-order valence-electron chi connectivity index (χ1n) is 15.4. The maximum atomic E-state index is 13.7. The molecule has 8 nitrogen and oxygen atoms in total. The van der Waals surface area contributed by atoms with Crippen molar-refractivity contribution in [1.82, 2.24) is 5.32 Å². The summed E-state index contributed by atoms with van der Waals surface area (Å²) in [7, 11) is 0. The predicted molar refractivity (Wildman–Crippen MR) is 199 cm³/mol. The van der Waals surface area contributed by atoms with E-state index in [1.165, 1.54) is 17.8 Å². The van der Waals surface area contributed by atoms with Gasteiger partial charge in [0.2, 0.25) is 5.91 Å². The summed E-state index contributed by atoms with van der Waals surface area (Å²) in [6, 6.07) is 36.1. The Morgan fingerprint density at radius 1 is 0.740 bits per heavy atom. The van der Waals surface area contributed by atoms with Gasteiger partial charge in [-0.3, -0.25) is 14.4 Å². The molecule has 0 spiro atoms. The monoisotopic (exact) mass is 723 g/mol. The fourth-order valence-electron chi connectivity index (χ4n) is 4.71. The number of carbonyl (C=O) groups excluding carboxylic acids is 4. The Bertz CT molecular complexity index is 2020. The Morgan fingerprint density at radius 2 is 1.44 bits per heavy atom. The number of amides is 3. The summed E-state index contributed by atoms with van der Waals surface area (Å²) in [4.78, 5) is 53.2. The molecule has 3 amide bonds. The van der Waals surface area contributed by atoms with Crippen LogP contribution in [0.3, 0.4) is 0 Å². The molecule has 0 fully saturated rings. The van der Waals surface area contributed by atoms with E-state index in [1.807, 2.05) is 36.4 Å². The molecule has 5 rings (SSSR count). The maximum Gasteiger partial charge on any atom is 0.338 e. The molecule has 1 unspecified atom stereocenters. The van der Waals surface area contributed by atoms with E-state index in [0.717, 1.165) is 5.56 Å². The second-order valence-electron chi connectivity index (χ2n) is 10.7. The van der Waals surface area contributed by atoms with Crippen molar-refractivity contribution in [2.24, 2.45) is 0 Å². The van der Waals surface area contributed by atoms with E-state index in [1.54, 1.807) is 97.9 Å². The summed E-state index contributed by atoms with van der Waals surface area (Å²) in [5, 5.41) is 8.55. The van der Waals surface area contributed by atoms with Gasteiger partial charge in [-0.05, 0) is 90.9 Å². The largest absolute Gasteiger partial charge is 0.462 e. The normalized spacial score (nSPS) is 11.6. The fourth-order valence-corrected chi connectivity index (χ4v) is 6.26. The standard InChI is InChI=1S/C39H31Cl2N3O5S/c1-2-49-39(48)27-17-20-30(21-18-27)42-38(47)35(25-10-5-3-6-11-25)50-32-15-9-14-31(24-32)43-37(46)34(22-28-16-19-29(40)23-33(28)41)44-36(45)26-12-7-4-8-13-26/h3-24,35H,2H2,1H3,(H,42,47)(H,43,46)(H,44,45)/b34-22+. The highest BCUT2D eigenvalue weighted by Gasteiger charge is 2.23. The van der Waals surface area contributed by atoms with Crippen molar-refractivity contribution in [3.63, 3.8) is 0 Å². The molecule has 0 radical (unpaired) electrons. The van der Waals surface area contributed by atoms with Crippen molar-refractivity contribution in [3.8, 4) is 0 Å². The minimum absolute atomic E-state index is 0.0448. The molecule has 11 heteroatoms. The van der Waals surface area contributed by atoms with Crippen LogP contribution in [0, 0.1) is 0 Å². The minimum atomic E-state index is -0.667. The van der Waals surface area contributed by atoms with Gasteiger partial charge >= 0.3 is 5.97 Å². The van der Waals surface area contributed by atoms with Crippen LogP contribution in [0.1, 0.15) is 44.0 Å². The summed E-state index contributed by atoms with van der Waals surface area (Å²) in [6.45, 7) is 2.00. The van der Waals surface area contributed by atoms with Gasteiger partial charge < -0.3 is 20.7 Å². The summed E-state index contributed by atoms with van der Waals surface area (Å²) in [5.74, 6) is -1.79. The van der Waals surface area contributed by atoms with Crippen molar-refractivity contribution < 1.29 is 23.9 Å². The Morgan fingerprint density at radius 3 is 2.12 bits per heavy atom. The van der Waals surface area contributed by atoms with E-state index >= 15 is 0 Å². The van der Waals surface area contributed by atoms with Crippen LogP contribution in [-0.4, -0.2) is 30.3 Å². The van der Waals surface area contributed by atoms with Gasteiger partial charge in [0, 0.05) is 31.9 Å². The second-order valence-corrected chi connectivity index (χ2v) is 12.7. The average molecular weight is 725 g/mol. The van der Waals surface area contributed by atoms with E-state index in [9.17, 15) is 19.2 Å². The molecular weight excluding hydrogens is 693 g/mol. The zero-order chi connectivity index (χ0) is 35.5. The van der Waals surface area contributed by atoms with E-state index in [0.29, 0.717) is 43.0 Å². The van der Waals surface area contributed by atoms with Crippen LogP contribution in [0.5, 0.6) is 0 Å². The number of carbonyl (C=O) groups is 4. The van der Waals surface area contributed by atoms with Gasteiger partial charge in [-0.2, -0.15) is 0 Å². The van der Waals surface area contributed by atoms with Crippen LogP contribution in [0.2, 0.25) is 10.0 Å². The highest BCUT2D eigenvalue weighted by atomic mass is 35.5. The van der Waals surface area contributed by atoms with E-state index < -0.39 is 23.0 Å². The molecule has 0 aliphatic heterocycles. The topological polar surface area (TPSA) is 114 Å². The first-order chi connectivity index (χ1) is 24.2. The van der Waals surface area contributed by atoms with Gasteiger partial charge in [-0.15, -0.1) is 11.8 Å². The number of nitrogens with one attached hydrogen (secondary N) is 3. The van der Waals surface area contributed by atoms with Crippen LogP contribution >= 0.6 is 35.0 Å². The number of hydrogen-bond acceptors (Lipinski definition) is 6. The SMILES string of the molecule is CCOC(=O)c1ccc(NC(=O)C(Sc2cccc(NC(=O)/C(=C\c3ccc(Cl)cc3Cl)NC(=O)c3ccccc3)c2)c2ccccc2)cc1. The van der Waals surface area contributed by atoms with Crippen molar-refractivity contribution >= 4 is 76.1 Å². The van der Waals surface area contributed by atoms with Crippen LogP contribution < -0.4 is 16.0 Å². The summed E-state index contributed by atoms with van der Waals surface area (Å²) >= 11 is 13.8. The van der Waals surface area contributed by atoms with Crippen LogP contribution in [-0.2, 0) is 14.3 Å². The number of ether oxygens (including phenoxy) is 1. The minimum Gasteiger partial charge on any atom is -0.462 e. The maximum absolute atomic E-state index is 13.7. The number of hydrogen-bond donors (Lipinski definition) is 3. The molecule has 0 heterocycles. The van der Waals surface area contributed by atoms with Gasteiger partial charge in [-0.25, -0.2) is 4.79 Å². The average Bonchev–Trinajstić information content (AvgIpc) is 3.12. The van der Waals surface area contributed by atoms with Crippen LogP contribution in [0.25, 0.3) is 6.08 Å². The van der Waals surface area contributed by atoms with Crippen molar-refractivity contribution in [2.45, 2.75) is 17.1 Å². The number of halogens is 2. The third kappa shape index (κ3) is 9.85. The number of benzene rings is 5.